The van der Waals surface area contributed by atoms with Gasteiger partial charge in [0.15, 0.2) is 0 Å². The first-order chi connectivity index (χ1) is 10.8. The van der Waals surface area contributed by atoms with Gasteiger partial charge in [0.05, 0.1) is 25.3 Å². The van der Waals surface area contributed by atoms with Crippen LogP contribution in [0.2, 0.25) is 0 Å². The molecule has 1 aromatic heterocycles. The Bertz CT molecular complexity index is 524. The maximum Gasteiger partial charge on any atom is 0.220 e. The summed E-state index contributed by atoms with van der Waals surface area (Å²) in [5.74, 6) is 0.886. The number of nitrogens with one attached hydrogen (secondary N) is 2. The van der Waals surface area contributed by atoms with Gasteiger partial charge in [-0.25, -0.2) is 4.98 Å². The van der Waals surface area contributed by atoms with E-state index in [1.807, 2.05) is 38.6 Å². The third-order valence-corrected chi connectivity index (χ3v) is 3.92. The SMILES string of the molecule is Cn1ccnc1CNC1COC(CNC(=O)CC(C)(C)C)C1O. The van der Waals surface area contributed by atoms with Crippen molar-refractivity contribution < 1.29 is 14.6 Å². The number of ether oxygens (including phenoxy) is 1. The number of aryl methyl sites for hydroxylation is 1. The third kappa shape index (κ3) is 5.30. The van der Waals surface area contributed by atoms with Gasteiger partial charge in [-0.1, -0.05) is 20.8 Å². The highest BCUT2D eigenvalue weighted by molar-refractivity contribution is 5.76. The number of carbonyl (C=O) groups excluding carboxylic acids is 1. The van der Waals surface area contributed by atoms with Crippen molar-refractivity contribution in [1.82, 2.24) is 20.2 Å². The number of carbonyl (C=O) groups is 1. The van der Waals surface area contributed by atoms with Crippen LogP contribution in [0.3, 0.4) is 0 Å². The van der Waals surface area contributed by atoms with Crippen molar-refractivity contribution in [3.05, 3.63) is 18.2 Å². The van der Waals surface area contributed by atoms with Crippen molar-refractivity contribution >= 4 is 5.91 Å². The molecule has 7 heteroatoms. The molecule has 0 bridgehead atoms. The lowest BCUT2D eigenvalue weighted by Gasteiger charge is -2.21. The van der Waals surface area contributed by atoms with Crippen molar-refractivity contribution in [2.24, 2.45) is 12.5 Å². The van der Waals surface area contributed by atoms with Gasteiger partial charge in [-0.15, -0.1) is 0 Å². The van der Waals surface area contributed by atoms with Crippen molar-refractivity contribution in [2.75, 3.05) is 13.2 Å². The molecule has 1 aliphatic heterocycles. The molecule has 0 saturated carbocycles. The monoisotopic (exact) mass is 324 g/mol. The maximum atomic E-state index is 11.8. The number of hydrogen-bond donors (Lipinski definition) is 3. The first kappa shape index (κ1) is 17.9. The fraction of sp³-hybridized carbons (Fsp3) is 0.750. The van der Waals surface area contributed by atoms with Crippen molar-refractivity contribution in [3.63, 3.8) is 0 Å². The van der Waals surface area contributed by atoms with E-state index in [0.29, 0.717) is 26.1 Å². The van der Waals surface area contributed by atoms with E-state index >= 15 is 0 Å². The highest BCUT2D eigenvalue weighted by Gasteiger charge is 2.35. The lowest BCUT2D eigenvalue weighted by Crippen LogP contribution is -2.45. The normalized spacial score (nSPS) is 24.8. The second kappa shape index (κ2) is 7.42. The number of rotatable bonds is 6. The van der Waals surface area contributed by atoms with Gasteiger partial charge in [0, 0.05) is 32.4 Å². The Morgan fingerprint density at radius 3 is 2.87 bits per heavy atom. The molecular weight excluding hydrogens is 296 g/mol. The number of aliphatic hydroxyl groups is 1. The summed E-state index contributed by atoms with van der Waals surface area (Å²) in [7, 11) is 1.93. The minimum absolute atomic E-state index is 0.0160. The van der Waals surface area contributed by atoms with Gasteiger partial charge in [-0.3, -0.25) is 4.79 Å². The molecule has 1 saturated heterocycles. The molecule has 1 fully saturated rings. The average Bonchev–Trinajstić information content (AvgIpc) is 2.99. The van der Waals surface area contributed by atoms with E-state index in [9.17, 15) is 9.90 Å². The molecule has 3 unspecified atom stereocenters. The number of aromatic nitrogens is 2. The quantitative estimate of drug-likeness (QED) is 0.695. The van der Waals surface area contributed by atoms with Gasteiger partial charge in [0.2, 0.25) is 5.91 Å². The van der Waals surface area contributed by atoms with Crippen LogP contribution in [0.15, 0.2) is 12.4 Å². The summed E-state index contributed by atoms with van der Waals surface area (Å²) in [6.45, 7) is 7.38. The van der Waals surface area contributed by atoms with E-state index in [0.717, 1.165) is 5.82 Å². The zero-order chi connectivity index (χ0) is 17.0. The molecule has 23 heavy (non-hydrogen) atoms. The van der Waals surface area contributed by atoms with Gasteiger partial charge in [-0.2, -0.15) is 0 Å². The summed E-state index contributed by atoms with van der Waals surface area (Å²) in [5, 5.41) is 16.4. The van der Waals surface area contributed by atoms with Crippen molar-refractivity contribution in [2.45, 2.75) is 52.0 Å². The van der Waals surface area contributed by atoms with E-state index in [1.165, 1.54) is 0 Å². The van der Waals surface area contributed by atoms with Crippen molar-refractivity contribution in [1.29, 1.82) is 0 Å². The fourth-order valence-electron chi connectivity index (χ4n) is 2.59. The molecular formula is C16H28N4O3. The summed E-state index contributed by atoms with van der Waals surface area (Å²) in [4.78, 5) is 16.1. The van der Waals surface area contributed by atoms with E-state index < -0.39 is 6.10 Å². The van der Waals surface area contributed by atoms with E-state index in [-0.39, 0.29) is 23.5 Å². The predicted molar refractivity (Wildman–Crippen MR) is 86.7 cm³/mol. The average molecular weight is 324 g/mol. The lowest BCUT2D eigenvalue weighted by molar-refractivity contribution is -0.123. The first-order valence-electron chi connectivity index (χ1n) is 8.02. The molecule has 2 heterocycles. The topological polar surface area (TPSA) is 88.4 Å². The highest BCUT2D eigenvalue weighted by atomic mass is 16.5. The van der Waals surface area contributed by atoms with Crippen LogP contribution in [0.1, 0.15) is 33.0 Å². The summed E-state index contributed by atoms with van der Waals surface area (Å²) in [6.07, 6.45) is 3.05. The summed E-state index contributed by atoms with van der Waals surface area (Å²) in [6, 6.07) is -0.156. The molecule has 7 nitrogen and oxygen atoms in total. The molecule has 3 atom stereocenters. The van der Waals surface area contributed by atoms with Gasteiger partial charge in [0.25, 0.3) is 0 Å². The fourth-order valence-corrected chi connectivity index (χ4v) is 2.59. The first-order valence-corrected chi connectivity index (χ1v) is 8.02. The van der Waals surface area contributed by atoms with Gasteiger partial charge in [-0.05, 0) is 5.41 Å². The minimum Gasteiger partial charge on any atom is -0.389 e. The van der Waals surface area contributed by atoms with Crippen molar-refractivity contribution in [3.8, 4) is 0 Å². The molecule has 1 amide bonds. The molecule has 1 aliphatic rings. The number of amides is 1. The van der Waals surface area contributed by atoms with Crippen LogP contribution in [-0.4, -0.2) is 52.0 Å². The Balaban J connectivity index is 1.74. The summed E-state index contributed by atoms with van der Waals surface area (Å²) < 4.78 is 7.53. The minimum atomic E-state index is -0.648. The molecule has 130 valence electrons. The molecule has 0 aliphatic carbocycles. The Labute approximate surface area is 137 Å². The van der Waals surface area contributed by atoms with Crippen LogP contribution in [0, 0.1) is 5.41 Å². The molecule has 0 radical (unpaired) electrons. The Morgan fingerprint density at radius 1 is 1.52 bits per heavy atom. The Hall–Kier alpha value is -1.44. The van der Waals surface area contributed by atoms with E-state index in [2.05, 4.69) is 15.6 Å². The standard InChI is InChI=1S/C16H28N4O3/c1-16(2,3)7-14(21)19-8-12-15(22)11(10-23-12)18-9-13-17-5-6-20(13)4/h5-6,11-12,15,18,22H,7-10H2,1-4H3,(H,19,21). The van der Waals surface area contributed by atoms with E-state index in [1.54, 1.807) is 6.20 Å². The van der Waals surface area contributed by atoms with Crippen LogP contribution in [0.25, 0.3) is 0 Å². The van der Waals surface area contributed by atoms with Gasteiger partial charge in [0.1, 0.15) is 11.9 Å². The second-order valence-electron chi connectivity index (χ2n) is 7.35. The number of nitrogens with zero attached hydrogens (tertiary/aromatic N) is 2. The number of hydrogen-bond acceptors (Lipinski definition) is 5. The lowest BCUT2D eigenvalue weighted by atomic mass is 9.92. The molecule has 3 N–H and O–H groups in total. The second-order valence-corrected chi connectivity index (χ2v) is 7.35. The highest BCUT2D eigenvalue weighted by Crippen LogP contribution is 2.18. The predicted octanol–water partition coefficient (Wildman–Crippen LogP) is 0.190. The van der Waals surface area contributed by atoms with Gasteiger partial charge < -0.3 is 25.0 Å². The Kier molecular flexibility index (Phi) is 5.78. The molecule has 0 spiro atoms. The zero-order valence-electron chi connectivity index (χ0n) is 14.4. The van der Waals surface area contributed by atoms with Crippen LogP contribution >= 0.6 is 0 Å². The van der Waals surface area contributed by atoms with Crippen LogP contribution in [0.5, 0.6) is 0 Å². The smallest absolute Gasteiger partial charge is 0.220 e. The molecule has 0 aromatic carbocycles. The van der Waals surface area contributed by atoms with Gasteiger partial charge >= 0.3 is 0 Å². The molecule has 1 aromatic rings. The number of aliphatic hydroxyl groups excluding tert-OH is 1. The van der Waals surface area contributed by atoms with E-state index in [4.69, 9.17) is 4.74 Å². The van der Waals surface area contributed by atoms with Crippen LogP contribution < -0.4 is 10.6 Å². The Morgan fingerprint density at radius 2 is 2.26 bits per heavy atom. The van der Waals surface area contributed by atoms with Crippen LogP contribution in [0.4, 0.5) is 0 Å². The summed E-state index contributed by atoms with van der Waals surface area (Å²) in [5.41, 5.74) is -0.0502. The third-order valence-electron chi connectivity index (χ3n) is 3.92. The molecule has 2 rings (SSSR count). The maximum absolute atomic E-state index is 11.8. The largest absolute Gasteiger partial charge is 0.389 e. The summed E-state index contributed by atoms with van der Waals surface area (Å²) >= 11 is 0. The number of imidazole rings is 1. The van der Waals surface area contributed by atoms with Crippen LogP contribution in [-0.2, 0) is 23.1 Å². The zero-order valence-corrected chi connectivity index (χ0v) is 14.4.